The number of fused-ring (bicyclic) bond motifs is 1. The summed E-state index contributed by atoms with van der Waals surface area (Å²) in [6.07, 6.45) is -1.21. The maximum atomic E-state index is 12.8. The first-order chi connectivity index (χ1) is 19.6. The lowest BCUT2D eigenvalue weighted by atomic mass is 10.0. The molecule has 0 bridgehead atoms. The van der Waals surface area contributed by atoms with Crippen molar-refractivity contribution in [1.29, 1.82) is 0 Å². The van der Waals surface area contributed by atoms with Crippen LogP contribution in [0.15, 0.2) is 95.2 Å². The van der Waals surface area contributed by atoms with Crippen LogP contribution in [-0.4, -0.2) is 47.6 Å². The van der Waals surface area contributed by atoms with Crippen molar-refractivity contribution < 1.29 is 34.6 Å². The summed E-state index contributed by atoms with van der Waals surface area (Å²) in [6.45, 7) is 1.68. The third kappa shape index (κ3) is 7.43. The van der Waals surface area contributed by atoms with Crippen LogP contribution in [0.2, 0.25) is 0 Å². The highest BCUT2D eigenvalue weighted by atomic mass is 32.2. The zero-order valence-electron chi connectivity index (χ0n) is 21.9. The summed E-state index contributed by atoms with van der Waals surface area (Å²) in [7, 11) is -7.78. The van der Waals surface area contributed by atoms with Crippen LogP contribution in [0.1, 0.15) is 11.1 Å². The molecule has 218 valence electrons. The van der Waals surface area contributed by atoms with E-state index in [1.54, 1.807) is 49.5 Å². The Morgan fingerprint density at radius 3 is 2.14 bits per heavy atom. The van der Waals surface area contributed by atoms with Crippen LogP contribution in [0.4, 0.5) is 24.8 Å². The summed E-state index contributed by atoms with van der Waals surface area (Å²) in [6, 6.07) is 18.5. The minimum Gasteiger partial charge on any atom is -0.325 e. The average molecular weight is 618 g/mol. The second-order valence-corrected chi connectivity index (χ2v) is 12.2. The highest BCUT2D eigenvalue weighted by Crippen LogP contribution is 2.32. The monoisotopic (exact) mass is 617 g/mol. The molecule has 0 amide bonds. The number of benzene rings is 2. The number of alkyl halides is 3. The van der Waals surface area contributed by atoms with Gasteiger partial charge in [0, 0.05) is 35.2 Å². The van der Waals surface area contributed by atoms with Crippen molar-refractivity contribution in [3.05, 3.63) is 96.3 Å². The van der Waals surface area contributed by atoms with Gasteiger partial charge in [0.25, 0.3) is 10.1 Å². The summed E-state index contributed by atoms with van der Waals surface area (Å²) in [5.74, 6) is 0.189. The van der Waals surface area contributed by atoms with E-state index < -0.39 is 36.9 Å². The van der Waals surface area contributed by atoms with E-state index in [-0.39, 0.29) is 16.5 Å². The number of pyridine rings is 2. The molecule has 0 saturated heterocycles. The fourth-order valence-corrected chi connectivity index (χ4v) is 4.64. The Bertz CT molecular complexity index is 1960. The van der Waals surface area contributed by atoms with Gasteiger partial charge in [0.2, 0.25) is 15.0 Å². The van der Waals surface area contributed by atoms with Crippen LogP contribution in [-0.2, 0) is 26.1 Å². The first kappa shape index (κ1) is 30.5. The SMILES string of the molecule is Cc1c(Nc2ccc(C(F)(F)F)cn2)nc(S(C)(=O)=O)nc1-c1ccc2cccnc2c1.O=S(=O)(O)c1ccccc1. The van der Waals surface area contributed by atoms with Crippen molar-refractivity contribution in [3.8, 4) is 11.3 Å². The van der Waals surface area contributed by atoms with Crippen LogP contribution >= 0.6 is 0 Å². The third-order valence-electron chi connectivity index (χ3n) is 5.71. The Morgan fingerprint density at radius 2 is 1.57 bits per heavy atom. The molecule has 5 aromatic rings. The van der Waals surface area contributed by atoms with Gasteiger partial charge >= 0.3 is 6.18 Å². The number of nitrogens with zero attached hydrogens (tertiary/aromatic N) is 4. The van der Waals surface area contributed by atoms with Gasteiger partial charge in [0.1, 0.15) is 11.6 Å². The molecule has 3 heterocycles. The fourth-order valence-electron chi connectivity index (χ4n) is 3.63. The minimum atomic E-state index is -4.52. The number of anilines is 2. The summed E-state index contributed by atoms with van der Waals surface area (Å²) in [5.41, 5.74) is 1.26. The van der Waals surface area contributed by atoms with E-state index in [9.17, 15) is 30.0 Å². The highest BCUT2D eigenvalue weighted by molar-refractivity contribution is 7.90. The number of aromatic nitrogens is 4. The normalized spacial score (nSPS) is 12.0. The Balaban J connectivity index is 0.000000343. The van der Waals surface area contributed by atoms with Gasteiger partial charge in [-0.1, -0.05) is 36.4 Å². The highest BCUT2D eigenvalue weighted by Gasteiger charge is 2.30. The Kier molecular flexibility index (Phi) is 8.56. The summed E-state index contributed by atoms with van der Waals surface area (Å²) < 4.78 is 92.0. The predicted octanol–water partition coefficient (Wildman–Crippen LogP) is 5.49. The van der Waals surface area contributed by atoms with Crippen molar-refractivity contribution >= 4 is 42.5 Å². The van der Waals surface area contributed by atoms with Crippen molar-refractivity contribution in [2.45, 2.75) is 23.2 Å². The maximum Gasteiger partial charge on any atom is 0.417 e. The first-order valence-electron chi connectivity index (χ1n) is 11.9. The lowest BCUT2D eigenvalue weighted by Gasteiger charge is -2.14. The molecule has 0 atom stereocenters. The van der Waals surface area contributed by atoms with E-state index >= 15 is 0 Å². The van der Waals surface area contributed by atoms with Gasteiger partial charge in [-0.25, -0.2) is 23.4 Å². The molecule has 0 aliphatic rings. The molecule has 0 radical (unpaired) electrons. The summed E-state index contributed by atoms with van der Waals surface area (Å²) in [4.78, 5) is 16.3. The number of nitrogens with one attached hydrogen (secondary N) is 1. The Hall–Kier alpha value is -4.47. The summed E-state index contributed by atoms with van der Waals surface area (Å²) in [5, 5.41) is 3.28. The fraction of sp³-hybridized carbons (Fsp3) is 0.111. The second kappa shape index (κ2) is 11.8. The van der Waals surface area contributed by atoms with Gasteiger partial charge in [-0.3, -0.25) is 9.54 Å². The van der Waals surface area contributed by atoms with Crippen LogP contribution in [0, 0.1) is 6.92 Å². The van der Waals surface area contributed by atoms with Gasteiger partial charge in [-0.05, 0) is 43.3 Å². The van der Waals surface area contributed by atoms with E-state index in [2.05, 4.69) is 25.3 Å². The number of halogens is 3. The second-order valence-electron chi connectivity index (χ2n) is 8.85. The molecule has 3 aromatic heterocycles. The summed E-state index contributed by atoms with van der Waals surface area (Å²) >= 11 is 0. The van der Waals surface area contributed by atoms with Gasteiger partial charge in [0.15, 0.2) is 0 Å². The van der Waals surface area contributed by atoms with E-state index in [0.29, 0.717) is 28.5 Å². The maximum absolute atomic E-state index is 12.8. The van der Waals surface area contributed by atoms with Crippen LogP contribution in [0.5, 0.6) is 0 Å². The van der Waals surface area contributed by atoms with E-state index in [1.807, 2.05) is 12.1 Å². The number of rotatable bonds is 5. The zero-order chi connectivity index (χ0) is 30.7. The topological polar surface area (TPSA) is 152 Å². The van der Waals surface area contributed by atoms with Crippen molar-refractivity contribution in [2.24, 2.45) is 0 Å². The molecule has 0 aliphatic heterocycles. The lowest BCUT2D eigenvalue weighted by molar-refractivity contribution is -0.137. The van der Waals surface area contributed by atoms with Crippen molar-refractivity contribution in [2.75, 3.05) is 11.6 Å². The minimum absolute atomic E-state index is 0.0741. The Labute approximate surface area is 239 Å². The smallest absolute Gasteiger partial charge is 0.325 e. The van der Waals surface area contributed by atoms with Crippen LogP contribution < -0.4 is 5.32 Å². The molecule has 0 fully saturated rings. The zero-order valence-corrected chi connectivity index (χ0v) is 23.5. The van der Waals surface area contributed by atoms with E-state index in [0.717, 1.165) is 23.8 Å². The average Bonchev–Trinajstić information content (AvgIpc) is 2.93. The molecular formula is C27H22F3N5O5S2. The van der Waals surface area contributed by atoms with E-state index in [1.165, 1.54) is 12.1 Å². The number of hydrogen-bond donors (Lipinski definition) is 2. The molecule has 0 aliphatic carbocycles. The van der Waals surface area contributed by atoms with Gasteiger partial charge in [-0.2, -0.15) is 21.6 Å². The number of hydrogen-bond acceptors (Lipinski definition) is 9. The first-order valence-corrected chi connectivity index (χ1v) is 15.2. The standard InChI is InChI=1S/C21H16F3N5O2S.C6H6O3S/c1-12-18(14-6-5-13-4-3-9-25-16(13)10-14)28-20(32(2,30)31)29-19(12)27-17-8-7-15(11-26-17)21(22,23)24;7-10(8,9)6-4-2-1-3-5-6/h3-11H,1-2H3,(H,26,27,28,29);1-5H,(H,7,8,9). The molecule has 0 unspecified atom stereocenters. The third-order valence-corrected chi connectivity index (χ3v) is 7.43. The molecular weight excluding hydrogens is 595 g/mol. The molecule has 10 nitrogen and oxygen atoms in total. The Morgan fingerprint density at radius 1 is 0.857 bits per heavy atom. The molecule has 0 saturated carbocycles. The molecule has 2 aromatic carbocycles. The van der Waals surface area contributed by atoms with Gasteiger partial charge in [-0.15, -0.1) is 0 Å². The van der Waals surface area contributed by atoms with Gasteiger partial charge in [0.05, 0.1) is 21.7 Å². The molecule has 2 N–H and O–H groups in total. The van der Waals surface area contributed by atoms with Gasteiger partial charge < -0.3 is 5.32 Å². The number of sulfone groups is 1. The quantitative estimate of drug-likeness (QED) is 0.191. The lowest BCUT2D eigenvalue weighted by Crippen LogP contribution is -2.10. The van der Waals surface area contributed by atoms with E-state index in [4.69, 9.17) is 4.55 Å². The predicted molar refractivity (Wildman–Crippen MR) is 149 cm³/mol. The molecule has 0 spiro atoms. The molecule has 5 rings (SSSR count). The van der Waals surface area contributed by atoms with Crippen LogP contribution in [0.25, 0.3) is 22.2 Å². The molecule has 42 heavy (non-hydrogen) atoms. The largest absolute Gasteiger partial charge is 0.417 e. The molecule has 15 heteroatoms. The van der Waals surface area contributed by atoms with Crippen molar-refractivity contribution in [3.63, 3.8) is 0 Å². The van der Waals surface area contributed by atoms with Crippen molar-refractivity contribution in [1.82, 2.24) is 19.9 Å². The van der Waals surface area contributed by atoms with Crippen LogP contribution in [0.3, 0.4) is 0 Å².